The molecule has 1 rings (SSSR count). The lowest BCUT2D eigenvalue weighted by Crippen LogP contribution is -2.34. The van der Waals surface area contributed by atoms with Gasteiger partial charge in [-0.25, -0.2) is 0 Å². The van der Waals surface area contributed by atoms with E-state index in [2.05, 4.69) is 19.2 Å². The molecule has 1 fully saturated rings. The lowest BCUT2D eigenvalue weighted by atomic mass is 9.92. The molecule has 0 amide bonds. The molecule has 0 aliphatic heterocycles. The predicted molar refractivity (Wildman–Crippen MR) is 66.6 cm³/mol. The van der Waals surface area contributed by atoms with Crippen molar-refractivity contribution in [3.05, 3.63) is 0 Å². The smallest absolute Gasteiger partial charge is 0.308 e. The molecular weight excluding hydrogens is 218 g/mol. The number of aliphatic hydroxyl groups is 1. The lowest BCUT2D eigenvalue weighted by Gasteiger charge is -2.21. The van der Waals surface area contributed by atoms with Crippen LogP contribution in [0.4, 0.5) is 0 Å². The molecule has 0 aromatic heterocycles. The second-order valence-electron chi connectivity index (χ2n) is 5.31. The van der Waals surface area contributed by atoms with Gasteiger partial charge in [0.25, 0.3) is 0 Å². The summed E-state index contributed by atoms with van der Waals surface area (Å²) >= 11 is 0. The first-order valence-electron chi connectivity index (χ1n) is 6.54. The van der Waals surface area contributed by atoms with Crippen molar-refractivity contribution in [2.75, 3.05) is 19.7 Å². The van der Waals surface area contributed by atoms with Gasteiger partial charge in [-0.15, -0.1) is 0 Å². The molecule has 4 heteroatoms. The molecule has 100 valence electrons. The number of aliphatic hydroxyl groups excluding tert-OH is 1. The minimum Gasteiger partial charge on any atom is -0.466 e. The minimum absolute atomic E-state index is 0.0789. The Morgan fingerprint density at radius 1 is 1.47 bits per heavy atom. The van der Waals surface area contributed by atoms with Gasteiger partial charge in [-0.05, 0) is 31.1 Å². The maximum absolute atomic E-state index is 11.1. The number of esters is 1. The van der Waals surface area contributed by atoms with Crippen molar-refractivity contribution < 1.29 is 14.6 Å². The second-order valence-corrected chi connectivity index (χ2v) is 5.31. The van der Waals surface area contributed by atoms with Crippen LogP contribution < -0.4 is 5.32 Å². The van der Waals surface area contributed by atoms with E-state index in [1.54, 1.807) is 6.92 Å². The average Bonchev–Trinajstić information content (AvgIpc) is 2.99. The van der Waals surface area contributed by atoms with Crippen molar-refractivity contribution in [2.45, 2.75) is 46.1 Å². The molecule has 1 aliphatic carbocycles. The molecule has 0 spiro atoms. The molecule has 1 saturated carbocycles. The molecule has 0 aromatic rings. The van der Waals surface area contributed by atoms with Crippen LogP contribution in [0.25, 0.3) is 0 Å². The van der Waals surface area contributed by atoms with E-state index in [-0.39, 0.29) is 12.4 Å². The van der Waals surface area contributed by atoms with Crippen molar-refractivity contribution in [2.24, 2.45) is 11.3 Å². The first kappa shape index (κ1) is 14.5. The number of hydrogen-bond acceptors (Lipinski definition) is 4. The summed E-state index contributed by atoms with van der Waals surface area (Å²) in [6.07, 6.45) is 1.98. The fraction of sp³-hybridized carbons (Fsp3) is 0.923. The molecule has 0 saturated heterocycles. The molecule has 0 heterocycles. The Morgan fingerprint density at radius 2 is 2.12 bits per heavy atom. The first-order valence-corrected chi connectivity index (χ1v) is 6.54. The second kappa shape index (κ2) is 6.36. The van der Waals surface area contributed by atoms with Crippen LogP contribution in [-0.4, -0.2) is 36.9 Å². The summed E-state index contributed by atoms with van der Waals surface area (Å²) in [5, 5.41) is 12.9. The Bertz CT molecular complexity index is 249. The van der Waals surface area contributed by atoms with E-state index in [0.29, 0.717) is 24.5 Å². The molecule has 0 radical (unpaired) electrons. The van der Waals surface area contributed by atoms with E-state index >= 15 is 0 Å². The molecule has 0 aromatic carbocycles. The molecule has 1 atom stereocenters. The zero-order chi connectivity index (χ0) is 12.9. The van der Waals surface area contributed by atoms with E-state index in [4.69, 9.17) is 4.74 Å². The fourth-order valence-corrected chi connectivity index (χ4v) is 2.09. The average molecular weight is 243 g/mol. The normalized spacial score (nSPS) is 19.1. The highest BCUT2D eigenvalue weighted by atomic mass is 16.5. The predicted octanol–water partition coefficient (Wildman–Crippen LogP) is 1.33. The Balaban J connectivity index is 2.12. The number of rotatable bonds is 8. The summed E-state index contributed by atoms with van der Waals surface area (Å²) in [6, 6.07) is 0. The first-order chi connectivity index (χ1) is 8.00. The Labute approximate surface area is 104 Å². The highest BCUT2D eigenvalue weighted by Gasteiger charge is 2.44. The van der Waals surface area contributed by atoms with Crippen LogP contribution in [-0.2, 0) is 9.53 Å². The van der Waals surface area contributed by atoms with Crippen LogP contribution in [0.5, 0.6) is 0 Å². The molecule has 1 aliphatic rings. The fourth-order valence-electron chi connectivity index (χ4n) is 2.09. The van der Waals surface area contributed by atoms with Crippen LogP contribution in [0.3, 0.4) is 0 Å². The van der Waals surface area contributed by atoms with E-state index in [1.807, 2.05) is 0 Å². The van der Waals surface area contributed by atoms with E-state index < -0.39 is 6.10 Å². The molecule has 2 N–H and O–H groups in total. The quantitative estimate of drug-likeness (QED) is 0.631. The van der Waals surface area contributed by atoms with Gasteiger partial charge in [0.05, 0.1) is 19.1 Å². The van der Waals surface area contributed by atoms with Gasteiger partial charge in [0.2, 0.25) is 0 Å². The molecule has 4 nitrogen and oxygen atoms in total. The van der Waals surface area contributed by atoms with E-state index in [1.165, 1.54) is 12.8 Å². The molecule has 0 bridgehead atoms. The Morgan fingerprint density at radius 3 is 2.59 bits per heavy atom. The van der Waals surface area contributed by atoms with Gasteiger partial charge in [-0.1, -0.05) is 13.8 Å². The SMILES string of the molecule is CCOC(=O)CC(O)CNCC1(C(C)C)CC1. The number of carbonyl (C=O) groups is 1. The summed E-state index contributed by atoms with van der Waals surface area (Å²) < 4.78 is 4.78. The van der Waals surface area contributed by atoms with Crippen LogP contribution >= 0.6 is 0 Å². The summed E-state index contributed by atoms with van der Waals surface area (Å²) in [5.41, 5.74) is 0.434. The third kappa shape index (κ3) is 4.64. The van der Waals surface area contributed by atoms with Gasteiger partial charge in [0.1, 0.15) is 0 Å². The van der Waals surface area contributed by atoms with Gasteiger partial charge >= 0.3 is 5.97 Å². The van der Waals surface area contributed by atoms with Crippen LogP contribution in [0.2, 0.25) is 0 Å². The number of nitrogens with one attached hydrogen (secondary N) is 1. The third-order valence-corrected chi connectivity index (χ3v) is 3.68. The summed E-state index contributed by atoms with van der Waals surface area (Å²) in [4.78, 5) is 11.1. The van der Waals surface area contributed by atoms with Crippen LogP contribution in [0, 0.1) is 11.3 Å². The third-order valence-electron chi connectivity index (χ3n) is 3.68. The maximum Gasteiger partial charge on any atom is 0.308 e. The highest BCUT2D eigenvalue weighted by molar-refractivity contribution is 5.69. The molecule has 17 heavy (non-hydrogen) atoms. The Kier molecular flexibility index (Phi) is 5.40. The van der Waals surface area contributed by atoms with E-state index in [9.17, 15) is 9.90 Å². The van der Waals surface area contributed by atoms with Gasteiger partial charge in [-0.3, -0.25) is 4.79 Å². The van der Waals surface area contributed by atoms with Crippen molar-refractivity contribution in [3.8, 4) is 0 Å². The van der Waals surface area contributed by atoms with Crippen molar-refractivity contribution in [3.63, 3.8) is 0 Å². The summed E-state index contributed by atoms with van der Waals surface area (Å²) in [6.45, 7) is 8.02. The number of hydrogen-bond donors (Lipinski definition) is 2. The van der Waals surface area contributed by atoms with Crippen LogP contribution in [0.1, 0.15) is 40.0 Å². The van der Waals surface area contributed by atoms with Gasteiger partial charge in [0, 0.05) is 13.1 Å². The van der Waals surface area contributed by atoms with Gasteiger partial charge < -0.3 is 15.2 Å². The largest absolute Gasteiger partial charge is 0.466 e. The molecular formula is C13H25NO3. The summed E-state index contributed by atoms with van der Waals surface area (Å²) in [7, 11) is 0. The minimum atomic E-state index is -0.642. The lowest BCUT2D eigenvalue weighted by molar-refractivity contribution is -0.145. The summed E-state index contributed by atoms with van der Waals surface area (Å²) in [5.74, 6) is 0.351. The molecule has 1 unspecified atom stereocenters. The van der Waals surface area contributed by atoms with Crippen molar-refractivity contribution >= 4 is 5.97 Å². The highest BCUT2D eigenvalue weighted by Crippen LogP contribution is 2.51. The van der Waals surface area contributed by atoms with Crippen LogP contribution in [0.15, 0.2) is 0 Å². The van der Waals surface area contributed by atoms with Gasteiger partial charge in [-0.2, -0.15) is 0 Å². The topological polar surface area (TPSA) is 58.6 Å². The number of ether oxygens (including phenoxy) is 1. The maximum atomic E-state index is 11.1. The van der Waals surface area contributed by atoms with Crippen molar-refractivity contribution in [1.82, 2.24) is 5.32 Å². The zero-order valence-corrected chi connectivity index (χ0v) is 11.2. The van der Waals surface area contributed by atoms with E-state index in [0.717, 1.165) is 6.54 Å². The number of carbonyl (C=O) groups excluding carboxylic acids is 1. The van der Waals surface area contributed by atoms with Crippen molar-refractivity contribution in [1.29, 1.82) is 0 Å². The Hall–Kier alpha value is -0.610. The van der Waals surface area contributed by atoms with Gasteiger partial charge in [0.15, 0.2) is 0 Å². The zero-order valence-electron chi connectivity index (χ0n) is 11.2. The monoisotopic (exact) mass is 243 g/mol. The standard InChI is InChI=1S/C13H25NO3/c1-4-17-12(16)7-11(15)8-14-9-13(5-6-13)10(2)3/h10-11,14-15H,4-9H2,1-3H3.